The summed E-state index contributed by atoms with van der Waals surface area (Å²) < 4.78 is 12.7. The van der Waals surface area contributed by atoms with Crippen LogP contribution < -0.4 is 5.73 Å². The molecule has 1 rings (SSSR count). The zero-order valence-electron chi connectivity index (χ0n) is 7.83. The van der Waals surface area contributed by atoms with E-state index in [4.69, 9.17) is 10.8 Å². The Bertz CT molecular complexity index is 352. The average molecular weight is 197 g/mol. The van der Waals surface area contributed by atoms with E-state index in [1.54, 1.807) is 6.92 Å². The monoisotopic (exact) mass is 197 g/mol. The summed E-state index contributed by atoms with van der Waals surface area (Å²) >= 11 is 0. The van der Waals surface area contributed by atoms with E-state index in [1.807, 2.05) is 0 Å². The molecule has 76 valence electrons. The maximum absolute atomic E-state index is 12.7. The Hall–Kier alpha value is -1.42. The summed E-state index contributed by atoms with van der Waals surface area (Å²) in [5.74, 6) is -1.30. The second-order valence-electron chi connectivity index (χ2n) is 3.21. The van der Waals surface area contributed by atoms with Crippen molar-refractivity contribution in [3.8, 4) is 0 Å². The number of carboxylic acid groups (broad SMARTS) is 1. The van der Waals surface area contributed by atoms with Crippen molar-refractivity contribution >= 4 is 5.97 Å². The van der Waals surface area contributed by atoms with E-state index in [9.17, 15) is 9.18 Å². The number of carbonyl (C=O) groups is 1. The molecule has 3 N–H and O–H groups in total. The second kappa shape index (κ2) is 4.19. The van der Waals surface area contributed by atoms with Crippen LogP contribution in [0.3, 0.4) is 0 Å². The number of hydrogen-bond acceptors (Lipinski definition) is 2. The summed E-state index contributed by atoms with van der Waals surface area (Å²) in [5, 5.41) is 8.54. The molecule has 0 aliphatic heterocycles. The van der Waals surface area contributed by atoms with E-state index in [1.165, 1.54) is 18.2 Å². The fourth-order valence-electron chi connectivity index (χ4n) is 1.35. The summed E-state index contributed by atoms with van der Waals surface area (Å²) in [6.45, 7) is 1.71. The van der Waals surface area contributed by atoms with Gasteiger partial charge in [-0.1, -0.05) is 6.07 Å². The van der Waals surface area contributed by atoms with Crippen LogP contribution in [0.25, 0.3) is 0 Å². The predicted molar refractivity (Wildman–Crippen MR) is 50.3 cm³/mol. The third-order valence-corrected chi connectivity index (χ3v) is 2.03. The van der Waals surface area contributed by atoms with Crippen LogP contribution in [0.1, 0.15) is 23.6 Å². The van der Waals surface area contributed by atoms with Crippen molar-refractivity contribution in [2.45, 2.75) is 19.4 Å². The number of aliphatic carboxylic acids is 1. The number of carboxylic acids is 1. The molecule has 0 spiro atoms. The van der Waals surface area contributed by atoms with Crippen LogP contribution in [-0.2, 0) is 4.79 Å². The molecule has 3 nitrogen and oxygen atoms in total. The van der Waals surface area contributed by atoms with Gasteiger partial charge in [-0.2, -0.15) is 0 Å². The van der Waals surface area contributed by atoms with Crippen molar-refractivity contribution in [2.75, 3.05) is 0 Å². The van der Waals surface area contributed by atoms with Crippen LogP contribution in [0.2, 0.25) is 0 Å². The van der Waals surface area contributed by atoms with Crippen LogP contribution >= 0.6 is 0 Å². The van der Waals surface area contributed by atoms with Crippen molar-refractivity contribution in [3.05, 3.63) is 35.1 Å². The number of nitrogens with two attached hydrogens (primary N) is 1. The molecule has 0 heterocycles. The van der Waals surface area contributed by atoms with E-state index < -0.39 is 12.0 Å². The van der Waals surface area contributed by atoms with Crippen LogP contribution in [0.15, 0.2) is 18.2 Å². The fraction of sp³-hybridized carbons (Fsp3) is 0.300. The van der Waals surface area contributed by atoms with Crippen molar-refractivity contribution in [3.63, 3.8) is 0 Å². The molecular formula is C10H12FNO2. The first-order valence-corrected chi connectivity index (χ1v) is 4.24. The molecule has 0 aliphatic rings. The van der Waals surface area contributed by atoms with E-state index in [0.717, 1.165) is 0 Å². The Morgan fingerprint density at radius 1 is 1.64 bits per heavy atom. The fourth-order valence-corrected chi connectivity index (χ4v) is 1.35. The third kappa shape index (κ3) is 2.53. The zero-order valence-corrected chi connectivity index (χ0v) is 7.83. The summed E-state index contributed by atoms with van der Waals surface area (Å²) in [6.07, 6.45) is -0.146. The highest BCUT2D eigenvalue weighted by atomic mass is 19.1. The number of hydrogen-bond donors (Lipinski definition) is 2. The van der Waals surface area contributed by atoms with Gasteiger partial charge in [0, 0.05) is 6.04 Å². The lowest BCUT2D eigenvalue weighted by atomic mass is 9.99. The van der Waals surface area contributed by atoms with Gasteiger partial charge in [0.1, 0.15) is 5.82 Å². The number of aryl methyl sites for hydroxylation is 1. The van der Waals surface area contributed by atoms with Crippen LogP contribution in [-0.4, -0.2) is 11.1 Å². The Morgan fingerprint density at radius 2 is 2.29 bits per heavy atom. The highest BCUT2D eigenvalue weighted by Gasteiger charge is 2.12. The summed E-state index contributed by atoms with van der Waals surface area (Å²) in [4.78, 5) is 10.4. The molecule has 1 aromatic carbocycles. The molecular weight excluding hydrogens is 185 g/mol. The molecule has 0 aliphatic carbocycles. The minimum atomic E-state index is -0.957. The van der Waals surface area contributed by atoms with E-state index in [2.05, 4.69) is 0 Å². The van der Waals surface area contributed by atoms with E-state index in [-0.39, 0.29) is 12.2 Å². The summed E-state index contributed by atoms with van der Waals surface area (Å²) in [7, 11) is 0. The molecule has 14 heavy (non-hydrogen) atoms. The minimum absolute atomic E-state index is 0.146. The first kappa shape index (κ1) is 10.7. The Labute approximate surface area is 81.4 Å². The molecule has 4 heteroatoms. The van der Waals surface area contributed by atoms with Gasteiger partial charge >= 0.3 is 5.97 Å². The Kier molecular flexibility index (Phi) is 3.19. The van der Waals surface area contributed by atoms with Gasteiger partial charge in [0.05, 0.1) is 6.42 Å². The molecule has 0 aromatic heterocycles. The number of benzene rings is 1. The van der Waals surface area contributed by atoms with Gasteiger partial charge in [-0.05, 0) is 30.2 Å². The van der Waals surface area contributed by atoms with E-state index in [0.29, 0.717) is 11.1 Å². The quantitative estimate of drug-likeness (QED) is 0.773. The SMILES string of the molecule is Cc1cc(F)ccc1[C@@H](N)CC(=O)O. The third-order valence-electron chi connectivity index (χ3n) is 2.03. The van der Waals surface area contributed by atoms with Gasteiger partial charge in [-0.3, -0.25) is 4.79 Å². The molecule has 0 bridgehead atoms. The first-order valence-electron chi connectivity index (χ1n) is 4.24. The number of halogens is 1. The van der Waals surface area contributed by atoms with Crippen molar-refractivity contribution in [1.82, 2.24) is 0 Å². The van der Waals surface area contributed by atoms with Crippen molar-refractivity contribution < 1.29 is 14.3 Å². The topological polar surface area (TPSA) is 63.3 Å². The molecule has 1 atom stereocenters. The number of rotatable bonds is 3. The minimum Gasteiger partial charge on any atom is -0.481 e. The van der Waals surface area contributed by atoms with Crippen molar-refractivity contribution in [1.29, 1.82) is 0 Å². The lowest BCUT2D eigenvalue weighted by Crippen LogP contribution is -2.16. The van der Waals surface area contributed by atoms with Gasteiger partial charge in [-0.15, -0.1) is 0 Å². The Morgan fingerprint density at radius 3 is 2.79 bits per heavy atom. The standard InChI is InChI=1S/C10H12FNO2/c1-6-4-7(11)2-3-8(6)9(12)5-10(13)14/h2-4,9H,5,12H2,1H3,(H,13,14)/t9-/m0/s1. The molecule has 0 amide bonds. The molecule has 0 radical (unpaired) electrons. The summed E-state index contributed by atoms with van der Waals surface area (Å²) in [5.41, 5.74) is 7.00. The van der Waals surface area contributed by atoms with Gasteiger partial charge in [0.2, 0.25) is 0 Å². The molecule has 0 fully saturated rings. The predicted octanol–water partition coefficient (Wildman–Crippen LogP) is 1.61. The highest BCUT2D eigenvalue weighted by Crippen LogP contribution is 2.19. The Balaban J connectivity index is 2.90. The average Bonchev–Trinajstić information content (AvgIpc) is 2.01. The van der Waals surface area contributed by atoms with Crippen molar-refractivity contribution in [2.24, 2.45) is 5.73 Å². The van der Waals surface area contributed by atoms with Crippen LogP contribution in [0.5, 0.6) is 0 Å². The molecule has 0 saturated heterocycles. The zero-order chi connectivity index (χ0) is 10.7. The normalized spacial score (nSPS) is 12.5. The van der Waals surface area contributed by atoms with Crippen LogP contribution in [0.4, 0.5) is 4.39 Å². The molecule has 0 saturated carbocycles. The van der Waals surface area contributed by atoms with Gasteiger partial charge in [0.15, 0.2) is 0 Å². The van der Waals surface area contributed by atoms with Crippen LogP contribution in [0, 0.1) is 12.7 Å². The first-order chi connectivity index (χ1) is 6.50. The smallest absolute Gasteiger partial charge is 0.305 e. The molecule has 1 aromatic rings. The van der Waals surface area contributed by atoms with Gasteiger partial charge in [0.25, 0.3) is 0 Å². The van der Waals surface area contributed by atoms with E-state index >= 15 is 0 Å². The second-order valence-corrected chi connectivity index (χ2v) is 3.21. The lowest BCUT2D eigenvalue weighted by molar-refractivity contribution is -0.137. The summed E-state index contributed by atoms with van der Waals surface area (Å²) in [6, 6.07) is 3.58. The lowest BCUT2D eigenvalue weighted by Gasteiger charge is -2.12. The van der Waals surface area contributed by atoms with Gasteiger partial charge in [-0.25, -0.2) is 4.39 Å². The largest absolute Gasteiger partial charge is 0.481 e. The molecule has 0 unspecified atom stereocenters. The van der Waals surface area contributed by atoms with Gasteiger partial charge < -0.3 is 10.8 Å². The maximum Gasteiger partial charge on any atom is 0.305 e. The highest BCUT2D eigenvalue weighted by molar-refractivity contribution is 5.68. The maximum atomic E-state index is 12.7.